The van der Waals surface area contributed by atoms with Gasteiger partial charge in [0.25, 0.3) is 0 Å². The van der Waals surface area contributed by atoms with Gasteiger partial charge in [-0.3, -0.25) is 4.89 Å². The van der Waals surface area contributed by atoms with Crippen LogP contribution in [0.5, 0.6) is 11.5 Å². The van der Waals surface area contributed by atoms with Crippen LogP contribution in [0.25, 0.3) is 0 Å². The van der Waals surface area contributed by atoms with E-state index in [1.165, 1.54) is 88.2 Å². The Morgan fingerprint density at radius 1 is 0.576 bits per heavy atom. The largest absolute Gasteiger partial charge is 0.584 e. The Morgan fingerprint density at radius 3 is 1.27 bits per heavy atom. The average molecular weight is 475 g/mol. The summed E-state index contributed by atoms with van der Waals surface area (Å²) in [5, 5.41) is 0. The van der Waals surface area contributed by atoms with Gasteiger partial charge in [0.2, 0.25) is 0 Å². The predicted octanol–water partition coefficient (Wildman–Crippen LogP) is 9.05. The normalized spacial score (nSPS) is 11.5. The molecule has 0 spiro atoms. The van der Waals surface area contributed by atoms with Gasteiger partial charge in [0.15, 0.2) is 0 Å². The maximum Gasteiger partial charge on any atom is 0.584 e. The van der Waals surface area contributed by atoms with Crippen molar-refractivity contribution >= 4 is 7.82 Å². The van der Waals surface area contributed by atoms with Crippen LogP contribution in [0, 0.1) is 0 Å². The van der Waals surface area contributed by atoms with E-state index in [4.69, 9.17) is 9.05 Å². The second kappa shape index (κ2) is 16.0. The summed E-state index contributed by atoms with van der Waals surface area (Å²) >= 11 is 0. The third kappa shape index (κ3) is 12.3. The molecule has 0 saturated carbocycles. The van der Waals surface area contributed by atoms with E-state index in [-0.39, 0.29) is 0 Å². The Bertz CT molecular complexity index is 736. The van der Waals surface area contributed by atoms with E-state index in [1.54, 1.807) is 24.3 Å². The number of rotatable bonds is 18. The van der Waals surface area contributed by atoms with Gasteiger partial charge in [0.05, 0.1) is 0 Å². The van der Waals surface area contributed by atoms with E-state index in [2.05, 4.69) is 13.8 Å². The molecule has 0 amide bonds. The van der Waals surface area contributed by atoms with Crippen molar-refractivity contribution in [1.29, 1.82) is 0 Å². The molecule has 0 aliphatic rings. The highest BCUT2D eigenvalue weighted by Crippen LogP contribution is 2.44. The summed E-state index contributed by atoms with van der Waals surface area (Å²) in [6, 6.07) is 14.8. The topological polar surface area (TPSA) is 55.8 Å². The van der Waals surface area contributed by atoms with Crippen molar-refractivity contribution in [3.8, 4) is 11.5 Å². The summed E-state index contributed by atoms with van der Waals surface area (Å²) in [4.78, 5) is 10.2. The van der Waals surface area contributed by atoms with Gasteiger partial charge in [-0.1, -0.05) is 102 Å². The van der Waals surface area contributed by atoms with E-state index in [0.717, 1.165) is 12.8 Å². The number of unbranched alkanes of at least 4 members (excludes halogenated alkanes) is 10. The fourth-order valence-corrected chi connectivity index (χ4v) is 4.75. The first-order valence-electron chi connectivity index (χ1n) is 12.9. The molecule has 0 atom stereocenters. The van der Waals surface area contributed by atoms with Crippen molar-refractivity contribution in [2.75, 3.05) is 0 Å². The van der Waals surface area contributed by atoms with E-state index in [9.17, 15) is 9.46 Å². The van der Waals surface area contributed by atoms with E-state index in [0.29, 0.717) is 11.5 Å². The van der Waals surface area contributed by atoms with Crippen molar-refractivity contribution in [3.05, 3.63) is 59.7 Å². The fourth-order valence-electron chi connectivity index (χ4n) is 3.94. The Kier molecular flexibility index (Phi) is 13.3. The van der Waals surface area contributed by atoms with Crippen LogP contribution in [0.4, 0.5) is 0 Å². The van der Waals surface area contributed by atoms with Gasteiger partial charge in [-0.05, 0) is 61.1 Å². The summed E-state index contributed by atoms with van der Waals surface area (Å²) in [5.74, 6) is 0.680. The highest BCUT2D eigenvalue weighted by Gasteiger charge is 2.25. The van der Waals surface area contributed by atoms with Gasteiger partial charge in [-0.2, -0.15) is 0 Å². The first-order chi connectivity index (χ1) is 16.0. The smallest absolute Gasteiger partial charge is 0.395 e. The second-order valence-corrected chi connectivity index (χ2v) is 10.3. The van der Waals surface area contributed by atoms with Crippen molar-refractivity contribution < 1.29 is 18.5 Å². The average Bonchev–Trinajstić information content (AvgIpc) is 2.80. The van der Waals surface area contributed by atoms with Crippen LogP contribution < -0.4 is 9.05 Å². The lowest BCUT2D eigenvalue weighted by Gasteiger charge is -2.14. The van der Waals surface area contributed by atoms with Crippen molar-refractivity contribution in [3.63, 3.8) is 0 Å². The molecular formula is C28H43O4P. The number of aryl methyl sites for hydroxylation is 2. The summed E-state index contributed by atoms with van der Waals surface area (Å²) < 4.78 is 23.0. The van der Waals surface area contributed by atoms with E-state index >= 15 is 0 Å². The van der Waals surface area contributed by atoms with Crippen LogP contribution in [0.3, 0.4) is 0 Å². The third-order valence-electron chi connectivity index (χ3n) is 5.93. The molecule has 33 heavy (non-hydrogen) atoms. The third-order valence-corrected chi connectivity index (χ3v) is 6.81. The number of phosphoric acid groups is 1. The molecule has 0 aliphatic heterocycles. The van der Waals surface area contributed by atoms with Gasteiger partial charge in [0, 0.05) is 0 Å². The Balaban J connectivity index is 1.72. The van der Waals surface area contributed by atoms with Crippen LogP contribution in [0.1, 0.15) is 102 Å². The Morgan fingerprint density at radius 2 is 0.909 bits per heavy atom. The van der Waals surface area contributed by atoms with E-state index in [1.807, 2.05) is 24.3 Å². The quantitative estimate of drug-likeness (QED) is 0.173. The minimum absolute atomic E-state index is 0.340. The molecule has 0 fully saturated rings. The van der Waals surface area contributed by atoms with Crippen LogP contribution in [0.15, 0.2) is 48.5 Å². The predicted molar refractivity (Wildman–Crippen MR) is 138 cm³/mol. The first-order valence-corrected chi connectivity index (χ1v) is 14.4. The van der Waals surface area contributed by atoms with Gasteiger partial charge in [-0.25, -0.2) is 4.57 Å². The van der Waals surface area contributed by atoms with E-state index < -0.39 is 7.82 Å². The second-order valence-electron chi connectivity index (χ2n) is 8.97. The molecule has 0 unspecified atom stereocenters. The van der Waals surface area contributed by atoms with Gasteiger partial charge < -0.3 is 9.05 Å². The van der Waals surface area contributed by atoms with Crippen LogP contribution in [0.2, 0.25) is 0 Å². The van der Waals surface area contributed by atoms with Crippen molar-refractivity contribution in [1.82, 2.24) is 0 Å². The number of hydrogen-bond donors (Lipinski definition) is 1. The highest BCUT2D eigenvalue weighted by molar-refractivity contribution is 7.48. The lowest BCUT2D eigenvalue weighted by atomic mass is 10.1. The first kappa shape index (κ1) is 27.5. The number of hydrogen-bond acceptors (Lipinski definition) is 3. The van der Waals surface area contributed by atoms with Crippen molar-refractivity contribution in [2.24, 2.45) is 0 Å². The zero-order valence-electron chi connectivity index (χ0n) is 20.6. The number of benzene rings is 2. The molecule has 2 aromatic carbocycles. The molecule has 184 valence electrons. The highest BCUT2D eigenvalue weighted by atomic mass is 31.2. The molecule has 1 N–H and O–H groups in total. The molecule has 0 bridgehead atoms. The monoisotopic (exact) mass is 474 g/mol. The Hall–Kier alpha value is -1.77. The van der Waals surface area contributed by atoms with Gasteiger partial charge in [-0.15, -0.1) is 0 Å². The minimum Gasteiger partial charge on any atom is -0.395 e. The maximum atomic E-state index is 12.4. The summed E-state index contributed by atoms with van der Waals surface area (Å²) in [7, 11) is -4.24. The molecule has 0 aromatic heterocycles. The zero-order valence-corrected chi connectivity index (χ0v) is 21.5. The van der Waals surface area contributed by atoms with Crippen molar-refractivity contribution in [2.45, 2.75) is 104 Å². The van der Waals surface area contributed by atoms with Crippen LogP contribution >= 0.6 is 7.82 Å². The van der Waals surface area contributed by atoms with Gasteiger partial charge >= 0.3 is 7.82 Å². The summed E-state index contributed by atoms with van der Waals surface area (Å²) in [5.41, 5.74) is 2.43. The van der Waals surface area contributed by atoms with Crippen LogP contribution in [-0.4, -0.2) is 4.89 Å². The molecular weight excluding hydrogens is 431 g/mol. The standard InChI is InChI=1S/C28H43O4P/c1-3-5-7-9-11-13-15-25-17-21-27(22-18-25)31-33(29,30)32-28-23-19-26(20-24-28)16-14-12-10-8-6-4-2/h17-24H,3-16H2,1-2H3,(H,29,30). The lowest BCUT2D eigenvalue weighted by Crippen LogP contribution is -2.00. The zero-order chi connectivity index (χ0) is 23.8. The SMILES string of the molecule is CCCCCCCCc1ccc(OP(=O)(O)Oc2ccc(CCCCCCCC)cc2)cc1. The van der Waals surface area contributed by atoms with Crippen LogP contribution in [-0.2, 0) is 17.4 Å². The summed E-state index contributed by atoms with van der Waals surface area (Å²) in [6.45, 7) is 4.46. The molecule has 0 aliphatic carbocycles. The molecule has 0 heterocycles. The molecule has 0 radical (unpaired) electrons. The molecule has 2 aromatic rings. The molecule has 5 heteroatoms. The Labute approximate surface area is 201 Å². The minimum atomic E-state index is -4.24. The molecule has 0 saturated heterocycles. The van der Waals surface area contributed by atoms with Gasteiger partial charge in [0.1, 0.15) is 11.5 Å². The maximum absolute atomic E-state index is 12.4. The fraction of sp³-hybridized carbons (Fsp3) is 0.571. The molecule has 2 rings (SSSR count). The lowest BCUT2D eigenvalue weighted by molar-refractivity contribution is 0.291. The number of phosphoric ester groups is 1. The summed E-state index contributed by atoms with van der Waals surface area (Å²) in [6.07, 6.45) is 17.3. The molecule has 4 nitrogen and oxygen atoms in total.